The van der Waals surface area contributed by atoms with Gasteiger partial charge in [0, 0.05) is 5.56 Å². The molecule has 0 aliphatic rings. The summed E-state index contributed by atoms with van der Waals surface area (Å²) in [5.74, 6) is -38.0. The molecule has 1 rings (SSSR count). The molecular weight excluding hydrogens is 483 g/mol. The van der Waals surface area contributed by atoms with Crippen LogP contribution in [0.3, 0.4) is 0 Å². The smallest absolute Gasteiger partial charge is 0.460 e. The van der Waals surface area contributed by atoms with Gasteiger partial charge < -0.3 is 9.84 Å². The molecular formula is C17H15F13O2. The maximum absolute atomic E-state index is 14.1. The van der Waals surface area contributed by atoms with E-state index in [1.165, 1.54) is 13.0 Å². The molecule has 0 radical (unpaired) electrons. The van der Waals surface area contributed by atoms with Crippen molar-refractivity contribution < 1.29 is 66.9 Å². The van der Waals surface area contributed by atoms with Crippen LogP contribution >= 0.6 is 0 Å². The summed E-state index contributed by atoms with van der Waals surface area (Å²) in [7, 11) is 0. The van der Waals surface area contributed by atoms with Gasteiger partial charge in [0.25, 0.3) is 0 Å². The molecule has 32 heavy (non-hydrogen) atoms. The molecule has 0 aliphatic heterocycles. The third kappa shape index (κ3) is 4.31. The Hall–Kier alpha value is -1.93. The number of hydrogen-bond donors (Lipinski definition) is 1. The zero-order valence-electron chi connectivity index (χ0n) is 16.0. The second kappa shape index (κ2) is 8.13. The predicted molar refractivity (Wildman–Crippen MR) is 82.6 cm³/mol. The minimum Gasteiger partial charge on any atom is -0.493 e. The Labute approximate surface area is 172 Å². The van der Waals surface area contributed by atoms with Crippen LogP contribution in [0.15, 0.2) is 24.3 Å². The molecule has 0 aromatic heterocycles. The van der Waals surface area contributed by atoms with Crippen LogP contribution in [0.4, 0.5) is 57.1 Å². The first kappa shape index (κ1) is 28.1. The molecule has 0 aliphatic carbocycles. The summed E-state index contributed by atoms with van der Waals surface area (Å²) in [6.45, 7) is 1.59. The van der Waals surface area contributed by atoms with Crippen molar-refractivity contribution in [1.82, 2.24) is 0 Å². The lowest BCUT2D eigenvalue weighted by atomic mass is 9.84. The zero-order chi connectivity index (χ0) is 25.6. The second-order valence-electron chi connectivity index (χ2n) is 6.88. The largest absolute Gasteiger partial charge is 0.493 e. The van der Waals surface area contributed by atoms with E-state index in [0.717, 1.165) is 18.2 Å². The van der Waals surface area contributed by atoms with Crippen LogP contribution in [-0.2, 0) is 5.60 Å². The summed E-state index contributed by atoms with van der Waals surface area (Å²) in [6, 6.07) is 4.15. The highest BCUT2D eigenvalue weighted by molar-refractivity contribution is 5.38. The number of para-hydroxylation sites is 1. The monoisotopic (exact) mass is 498 g/mol. The van der Waals surface area contributed by atoms with Gasteiger partial charge in [0.2, 0.25) is 0 Å². The van der Waals surface area contributed by atoms with Crippen molar-refractivity contribution >= 4 is 0 Å². The lowest BCUT2D eigenvalue weighted by Crippen LogP contribution is -2.70. The van der Waals surface area contributed by atoms with Crippen molar-refractivity contribution in [3.63, 3.8) is 0 Å². The van der Waals surface area contributed by atoms with E-state index in [0.29, 0.717) is 6.92 Å². The Bertz CT molecular complexity index is 800. The van der Waals surface area contributed by atoms with Crippen molar-refractivity contribution in [3.8, 4) is 5.75 Å². The average Bonchev–Trinajstić information content (AvgIpc) is 2.59. The standard InChI is InChI=1S/C17H15F13O2/c1-3-32-10-7-5-4-6-9(10)11(2,31)8-12(18,19)13(20,21)14(22,23)15(24,25)16(26,27)17(28,29)30/h4-7,31H,3,8H2,1-2H3. The van der Waals surface area contributed by atoms with Gasteiger partial charge in [-0.2, -0.15) is 57.1 Å². The third-order valence-electron chi connectivity index (χ3n) is 4.33. The molecule has 2 nitrogen and oxygen atoms in total. The fourth-order valence-electron chi connectivity index (χ4n) is 2.63. The van der Waals surface area contributed by atoms with Crippen LogP contribution in [0.1, 0.15) is 25.8 Å². The van der Waals surface area contributed by atoms with Gasteiger partial charge in [-0.05, 0) is 19.9 Å². The van der Waals surface area contributed by atoms with Crippen LogP contribution in [0.25, 0.3) is 0 Å². The Morgan fingerprint density at radius 2 is 1.16 bits per heavy atom. The lowest BCUT2D eigenvalue weighted by molar-refractivity contribution is -0.441. The Kier molecular flexibility index (Phi) is 7.14. The van der Waals surface area contributed by atoms with Gasteiger partial charge in [-0.1, -0.05) is 18.2 Å². The first-order chi connectivity index (χ1) is 14.0. The molecule has 0 amide bonds. The maximum atomic E-state index is 14.1. The highest BCUT2D eigenvalue weighted by Crippen LogP contribution is 2.61. The highest BCUT2D eigenvalue weighted by atomic mass is 19.4. The molecule has 0 fully saturated rings. The van der Waals surface area contributed by atoms with Crippen molar-refractivity contribution in [3.05, 3.63) is 29.8 Å². The molecule has 1 aromatic carbocycles. The molecule has 0 saturated heterocycles. The van der Waals surface area contributed by atoms with E-state index >= 15 is 0 Å². The van der Waals surface area contributed by atoms with Crippen LogP contribution in [0.2, 0.25) is 0 Å². The van der Waals surface area contributed by atoms with E-state index in [-0.39, 0.29) is 6.61 Å². The molecule has 1 aromatic rings. The van der Waals surface area contributed by atoms with E-state index in [9.17, 15) is 62.2 Å². The zero-order valence-corrected chi connectivity index (χ0v) is 16.0. The summed E-state index contributed by atoms with van der Waals surface area (Å²) in [5.41, 5.74) is -3.91. The minimum absolute atomic E-state index is 0.156. The molecule has 1 N–H and O–H groups in total. The lowest BCUT2D eigenvalue weighted by Gasteiger charge is -2.41. The fourth-order valence-corrected chi connectivity index (χ4v) is 2.63. The molecule has 0 bridgehead atoms. The molecule has 0 heterocycles. The molecule has 0 saturated carbocycles. The van der Waals surface area contributed by atoms with Crippen molar-refractivity contribution in [1.29, 1.82) is 0 Å². The van der Waals surface area contributed by atoms with E-state index in [1.807, 2.05) is 0 Å². The number of benzene rings is 1. The fraction of sp³-hybridized carbons (Fsp3) is 0.647. The van der Waals surface area contributed by atoms with Crippen molar-refractivity contribution in [2.75, 3.05) is 6.61 Å². The van der Waals surface area contributed by atoms with Gasteiger partial charge in [0.1, 0.15) is 5.75 Å². The topological polar surface area (TPSA) is 29.5 Å². The molecule has 15 heteroatoms. The summed E-state index contributed by atoms with van der Waals surface area (Å²) in [5, 5.41) is 10.2. The Morgan fingerprint density at radius 1 is 0.719 bits per heavy atom. The SMILES string of the molecule is CCOc1ccccc1C(C)(O)CC(F)(F)C(F)(F)C(F)(F)C(F)(F)C(F)(F)C(F)(F)F. The highest BCUT2D eigenvalue weighted by Gasteiger charge is 2.90. The van der Waals surface area contributed by atoms with Gasteiger partial charge in [0.05, 0.1) is 18.6 Å². The first-order valence-electron chi connectivity index (χ1n) is 8.41. The normalized spacial score (nSPS) is 16.6. The summed E-state index contributed by atoms with van der Waals surface area (Å²) < 4.78 is 177. The van der Waals surface area contributed by atoms with Crippen LogP contribution in [0.5, 0.6) is 5.75 Å². The molecule has 1 unspecified atom stereocenters. The van der Waals surface area contributed by atoms with Crippen molar-refractivity contribution in [2.24, 2.45) is 0 Å². The van der Waals surface area contributed by atoms with Crippen LogP contribution in [-0.4, -0.2) is 47.5 Å². The van der Waals surface area contributed by atoms with Gasteiger partial charge >= 0.3 is 35.8 Å². The maximum Gasteiger partial charge on any atom is 0.460 e. The van der Waals surface area contributed by atoms with Gasteiger partial charge in [-0.3, -0.25) is 0 Å². The quantitative estimate of drug-likeness (QED) is 0.398. The predicted octanol–water partition coefficient (Wildman–Crippen LogP) is 6.42. The Morgan fingerprint density at radius 3 is 1.59 bits per heavy atom. The van der Waals surface area contributed by atoms with Gasteiger partial charge in [-0.15, -0.1) is 0 Å². The molecule has 186 valence electrons. The van der Waals surface area contributed by atoms with E-state index in [2.05, 4.69) is 0 Å². The van der Waals surface area contributed by atoms with E-state index in [4.69, 9.17) is 4.74 Å². The second-order valence-corrected chi connectivity index (χ2v) is 6.88. The number of aliphatic hydroxyl groups is 1. The average molecular weight is 498 g/mol. The van der Waals surface area contributed by atoms with Crippen molar-refractivity contribution in [2.45, 2.75) is 61.7 Å². The van der Waals surface area contributed by atoms with Gasteiger partial charge in [-0.25, -0.2) is 0 Å². The Balaban J connectivity index is 3.49. The van der Waals surface area contributed by atoms with Crippen LogP contribution in [0, 0.1) is 0 Å². The molecule has 0 spiro atoms. The number of alkyl halides is 13. The number of rotatable bonds is 9. The van der Waals surface area contributed by atoms with Gasteiger partial charge in [0.15, 0.2) is 0 Å². The van der Waals surface area contributed by atoms with E-state index < -0.39 is 59.1 Å². The summed E-state index contributed by atoms with van der Waals surface area (Å²) >= 11 is 0. The summed E-state index contributed by atoms with van der Waals surface area (Å²) in [4.78, 5) is 0. The first-order valence-corrected chi connectivity index (χ1v) is 8.41. The minimum atomic E-state index is -7.99. The number of hydrogen-bond acceptors (Lipinski definition) is 2. The molecule has 1 atom stereocenters. The number of halogens is 13. The van der Waals surface area contributed by atoms with E-state index in [1.54, 1.807) is 0 Å². The summed E-state index contributed by atoms with van der Waals surface area (Å²) in [6.07, 6.45) is -10.3. The van der Waals surface area contributed by atoms with Crippen LogP contribution < -0.4 is 4.74 Å². The number of ether oxygens (including phenoxy) is 1. The third-order valence-corrected chi connectivity index (χ3v) is 4.33.